The summed E-state index contributed by atoms with van der Waals surface area (Å²) in [6, 6.07) is 12.8. The molecule has 2 aliphatic heterocycles. The molecule has 7 nitrogen and oxygen atoms in total. The van der Waals surface area contributed by atoms with Crippen LogP contribution in [-0.4, -0.2) is 57.2 Å². The molecule has 1 saturated heterocycles. The molecule has 1 atom stereocenters. The van der Waals surface area contributed by atoms with Crippen LogP contribution in [0.1, 0.15) is 13.3 Å². The van der Waals surface area contributed by atoms with Crippen LogP contribution in [-0.2, 0) is 14.8 Å². The van der Waals surface area contributed by atoms with Gasteiger partial charge in [0.25, 0.3) is 0 Å². The van der Waals surface area contributed by atoms with E-state index in [9.17, 15) is 13.2 Å². The Kier molecular flexibility index (Phi) is 5.95. The maximum absolute atomic E-state index is 13.2. The fourth-order valence-electron chi connectivity index (χ4n) is 3.72. The standard InChI is InChI=1S/C21H25N3O4S2/c1-15-13-21(25)22-19-14-18(7-8-20(19)29-15)30(26,27)24-11-9-23(10-12-24)16-3-5-17(28-2)6-4-16/h3-8,14-15H,9-13H2,1-2H3,(H,22,25)/t15-/m0/s1. The molecule has 160 valence electrons. The van der Waals surface area contributed by atoms with E-state index < -0.39 is 10.0 Å². The zero-order valence-electron chi connectivity index (χ0n) is 17.0. The first-order valence-electron chi connectivity index (χ1n) is 9.86. The Morgan fingerprint density at radius 3 is 2.43 bits per heavy atom. The molecule has 1 N–H and O–H groups in total. The molecule has 2 aliphatic rings. The van der Waals surface area contributed by atoms with Gasteiger partial charge in [-0.15, -0.1) is 11.8 Å². The van der Waals surface area contributed by atoms with E-state index in [2.05, 4.69) is 10.2 Å². The fourth-order valence-corrected chi connectivity index (χ4v) is 6.22. The molecule has 2 aromatic rings. The number of methoxy groups -OCH3 is 1. The molecule has 0 saturated carbocycles. The summed E-state index contributed by atoms with van der Waals surface area (Å²) in [6.07, 6.45) is 0.411. The van der Waals surface area contributed by atoms with Gasteiger partial charge < -0.3 is 15.0 Å². The second-order valence-corrected chi connectivity index (χ2v) is 10.8. The van der Waals surface area contributed by atoms with Crippen LogP contribution in [0.25, 0.3) is 0 Å². The lowest BCUT2D eigenvalue weighted by molar-refractivity contribution is -0.116. The van der Waals surface area contributed by atoms with Crippen LogP contribution >= 0.6 is 11.8 Å². The van der Waals surface area contributed by atoms with E-state index in [-0.39, 0.29) is 16.1 Å². The molecule has 1 amide bonds. The van der Waals surface area contributed by atoms with Crippen molar-refractivity contribution in [3.05, 3.63) is 42.5 Å². The van der Waals surface area contributed by atoms with E-state index in [1.54, 1.807) is 37.1 Å². The van der Waals surface area contributed by atoms with Crippen LogP contribution in [0.5, 0.6) is 5.75 Å². The Bertz CT molecular complexity index is 1030. The van der Waals surface area contributed by atoms with E-state index in [4.69, 9.17) is 4.74 Å². The summed E-state index contributed by atoms with van der Waals surface area (Å²) in [4.78, 5) is 15.3. The quantitative estimate of drug-likeness (QED) is 0.776. The van der Waals surface area contributed by atoms with E-state index >= 15 is 0 Å². The lowest BCUT2D eigenvalue weighted by Crippen LogP contribution is -2.48. The number of nitrogens with zero attached hydrogens (tertiary/aromatic N) is 2. The topological polar surface area (TPSA) is 79.0 Å². The van der Waals surface area contributed by atoms with Crippen LogP contribution in [0.4, 0.5) is 11.4 Å². The Morgan fingerprint density at radius 1 is 1.07 bits per heavy atom. The molecule has 0 aromatic heterocycles. The Hall–Kier alpha value is -2.23. The van der Waals surface area contributed by atoms with Crippen LogP contribution in [0.3, 0.4) is 0 Å². The predicted octanol–water partition coefficient (Wildman–Crippen LogP) is 3.03. The normalized spacial score (nSPS) is 20.3. The first kappa shape index (κ1) is 21.0. The number of hydrogen-bond acceptors (Lipinski definition) is 6. The lowest BCUT2D eigenvalue weighted by Gasteiger charge is -2.35. The van der Waals surface area contributed by atoms with Gasteiger partial charge in [-0.25, -0.2) is 8.42 Å². The number of nitrogens with one attached hydrogen (secondary N) is 1. The van der Waals surface area contributed by atoms with Gasteiger partial charge >= 0.3 is 0 Å². The summed E-state index contributed by atoms with van der Waals surface area (Å²) >= 11 is 1.58. The summed E-state index contributed by atoms with van der Waals surface area (Å²) in [6.45, 7) is 4.03. The highest BCUT2D eigenvalue weighted by atomic mass is 32.2. The van der Waals surface area contributed by atoms with Crippen LogP contribution in [0, 0.1) is 0 Å². The minimum Gasteiger partial charge on any atom is -0.497 e. The third-order valence-corrected chi connectivity index (χ3v) is 8.41. The van der Waals surface area contributed by atoms with Crippen molar-refractivity contribution < 1.29 is 17.9 Å². The van der Waals surface area contributed by atoms with Gasteiger partial charge in [0.1, 0.15) is 5.75 Å². The molecular weight excluding hydrogens is 422 g/mol. The van der Waals surface area contributed by atoms with Gasteiger partial charge in [0.2, 0.25) is 15.9 Å². The maximum Gasteiger partial charge on any atom is 0.243 e. The van der Waals surface area contributed by atoms with Gasteiger partial charge in [-0.05, 0) is 42.5 Å². The number of benzene rings is 2. The molecule has 0 radical (unpaired) electrons. The van der Waals surface area contributed by atoms with Crippen LogP contribution in [0.2, 0.25) is 0 Å². The van der Waals surface area contributed by atoms with E-state index in [0.717, 1.165) is 16.3 Å². The second-order valence-electron chi connectivity index (χ2n) is 7.43. The number of sulfonamides is 1. The molecular formula is C21H25N3O4S2. The van der Waals surface area contributed by atoms with Gasteiger partial charge in [-0.3, -0.25) is 4.79 Å². The number of ether oxygens (including phenoxy) is 1. The van der Waals surface area contributed by atoms with E-state index in [0.29, 0.717) is 38.3 Å². The zero-order chi connectivity index (χ0) is 21.3. The summed E-state index contributed by atoms with van der Waals surface area (Å²) in [7, 11) is -2.00. The Labute approximate surface area is 181 Å². The highest BCUT2D eigenvalue weighted by Gasteiger charge is 2.30. The van der Waals surface area contributed by atoms with Crippen LogP contribution in [0.15, 0.2) is 52.3 Å². The molecule has 2 heterocycles. The third-order valence-electron chi connectivity index (χ3n) is 5.34. The SMILES string of the molecule is COc1ccc(N2CCN(S(=O)(=O)c3ccc4c(c3)NC(=O)C[C@H](C)S4)CC2)cc1. The van der Waals surface area contributed by atoms with Crippen molar-refractivity contribution in [3.8, 4) is 5.75 Å². The molecule has 4 rings (SSSR count). The minimum atomic E-state index is -3.63. The number of carbonyl (C=O) groups is 1. The summed E-state index contributed by atoms with van der Waals surface area (Å²) in [5.41, 5.74) is 1.62. The second kappa shape index (κ2) is 8.49. The lowest BCUT2D eigenvalue weighted by atomic mass is 10.2. The summed E-state index contributed by atoms with van der Waals surface area (Å²) in [5.74, 6) is 0.708. The molecule has 0 spiro atoms. The molecule has 0 bridgehead atoms. The number of amides is 1. The maximum atomic E-state index is 13.2. The Balaban J connectivity index is 1.49. The summed E-state index contributed by atoms with van der Waals surface area (Å²) < 4.78 is 33.1. The third kappa shape index (κ3) is 4.28. The van der Waals surface area contributed by atoms with Crippen molar-refractivity contribution in [2.75, 3.05) is 43.5 Å². The van der Waals surface area contributed by atoms with Crippen molar-refractivity contribution in [3.63, 3.8) is 0 Å². The molecule has 1 fully saturated rings. The average molecular weight is 448 g/mol. The molecule has 9 heteroatoms. The molecule has 30 heavy (non-hydrogen) atoms. The number of carbonyl (C=O) groups excluding carboxylic acids is 1. The van der Waals surface area contributed by atoms with Gasteiger partial charge in [-0.2, -0.15) is 4.31 Å². The van der Waals surface area contributed by atoms with Crippen LogP contribution < -0.4 is 15.0 Å². The van der Waals surface area contributed by atoms with Gasteiger partial charge in [0.05, 0.1) is 17.7 Å². The van der Waals surface area contributed by atoms with E-state index in [1.165, 1.54) is 4.31 Å². The number of anilines is 2. The van der Waals surface area contributed by atoms with Crippen molar-refractivity contribution >= 4 is 39.1 Å². The Morgan fingerprint density at radius 2 is 1.77 bits per heavy atom. The first-order valence-corrected chi connectivity index (χ1v) is 12.2. The van der Waals surface area contributed by atoms with Gasteiger partial charge in [0.15, 0.2) is 0 Å². The number of fused-ring (bicyclic) bond motifs is 1. The monoisotopic (exact) mass is 447 g/mol. The predicted molar refractivity (Wildman–Crippen MR) is 119 cm³/mol. The largest absolute Gasteiger partial charge is 0.497 e. The molecule has 0 unspecified atom stereocenters. The average Bonchev–Trinajstić information content (AvgIpc) is 2.89. The minimum absolute atomic E-state index is 0.0867. The molecule has 0 aliphatic carbocycles. The van der Waals surface area contributed by atoms with Crippen molar-refractivity contribution in [2.24, 2.45) is 0 Å². The number of rotatable bonds is 4. The zero-order valence-corrected chi connectivity index (χ0v) is 18.6. The molecule has 2 aromatic carbocycles. The van der Waals surface area contributed by atoms with Gasteiger partial charge in [-0.1, -0.05) is 6.92 Å². The highest BCUT2D eigenvalue weighted by Crippen LogP contribution is 2.36. The number of piperazine rings is 1. The van der Waals surface area contributed by atoms with Gasteiger partial charge in [0, 0.05) is 48.4 Å². The van der Waals surface area contributed by atoms with Crippen molar-refractivity contribution in [2.45, 2.75) is 28.4 Å². The summed E-state index contributed by atoms with van der Waals surface area (Å²) in [5, 5.41) is 3.00. The van der Waals surface area contributed by atoms with E-state index in [1.807, 2.05) is 31.2 Å². The smallest absolute Gasteiger partial charge is 0.243 e. The van der Waals surface area contributed by atoms with Crippen molar-refractivity contribution in [1.29, 1.82) is 0 Å². The number of hydrogen-bond donors (Lipinski definition) is 1. The number of thioether (sulfide) groups is 1. The first-order chi connectivity index (χ1) is 14.4. The highest BCUT2D eigenvalue weighted by molar-refractivity contribution is 8.00. The fraction of sp³-hybridized carbons (Fsp3) is 0.381. The van der Waals surface area contributed by atoms with Crippen molar-refractivity contribution in [1.82, 2.24) is 4.31 Å².